The Morgan fingerprint density at radius 1 is 1.00 bits per heavy atom. The number of phenolic OH excluding ortho intramolecular Hbond substituents is 3. The number of nitrogens with one attached hydrogen (secondary N) is 1. The van der Waals surface area contributed by atoms with Crippen LogP contribution in [0.3, 0.4) is 0 Å². The molecule has 0 spiro atoms. The van der Waals surface area contributed by atoms with E-state index in [4.69, 9.17) is 18.9 Å². The van der Waals surface area contributed by atoms with Crippen molar-refractivity contribution in [2.45, 2.75) is 85.9 Å². The minimum Gasteiger partial charge on any atom is -0.507 e. The number of phenols is 3. The maximum Gasteiger partial charge on any atom is 0.312 e. The highest BCUT2D eigenvalue weighted by atomic mass is 16.7. The van der Waals surface area contributed by atoms with Gasteiger partial charge in [-0.05, 0) is 45.2 Å². The highest BCUT2D eigenvalue weighted by molar-refractivity contribution is 6.23. The van der Waals surface area contributed by atoms with Gasteiger partial charge in [0.15, 0.2) is 5.75 Å². The Morgan fingerprint density at radius 3 is 2.31 bits per heavy atom. The van der Waals surface area contributed by atoms with Crippen LogP contribution in [0.5, 0.6) is 23.0 Å². The molecule has 6 rings (SSSR count). The van der Waals surface area contributed by atoms with Gasteiger partial charge in [0.1, 0.15) is 23.4 Å². The molecule has 316 valence electrons. The number of rotatable bonds is 4. The van der Waals surface area contributed by atoms with Crippen LogP contribution in [0.1, 0.15) is 76.4 Å². The van der Waals surface area contributed by atoms with E-state index in [2.05, 4.69) is 15.3 Å². The van der Waals surface area contributed by atoms with Crippen LogP contribution in [0.4, 0.5) is 5.69 Å². The number of carbonyl (C=O) groups is 3. The molecule has 4 aliphatic rings. The summed E-state index contributed by atoms with van der Waals surface area (Å²) in [4.78, 5) is 42.6. The van der Waals surface area contributed by atoms with Crippen LogP contribution in [0, 0.1) is 30.6 Å². The van der Waals surface area contributed by atoms with Crippen LogP contribution in [-0.4, -0.2) is 119 Å². The largest absolute Gasteiger partial charge is 0.507 e. The van der Waals surface area contributed by atoms with Crippen LogP contribution in [0.2, 0.25) is 0 Å². The molecule has 5 bridgehead atoms. The number of nitrogens with zero attached hydrogens (tertiary/aromatic N) is 3. The SMILES string of the molecule is CO[C@@H]1/C=C/O[C@@]2(C)Oc3c(C)c(O)c4c(O)c(c(/C=N\N5CCN(C)CC5)c(O)c4c3C2=O)NC(=O)/C(C)=C\C=C\[C@H](C)C[C@H](C)[C@H](O)[C@H](C)[C@@H](OC(C)=O)[C@H]1C. The molecule has 5 N–H and O–H groups in total. The minimum absolute atomic E-state index is 0.0243. The number of piperazine rings is 1. The molecule has 1 fully saturated rings. The summed E-state index contributed by atoms with van der Waals surface area (Å²) < 4.78 is 23.7. The number of methoxy groups -OCH3 is 1. The first kappa shape index (κ1) is 44.0. The van der Waals surface area contributed by atoms with Crippen LogP contribution in [0.15, 0.2) is 41.2 Å². The Hall–Kier alpha value is -5.12. The van der Waals surface area contributed by atoms with E-state index in [1.165, 1.54) is 40.4 Å². The number of allylic oxidation sites excluding steroid dienone is 3. The van der Waals surface area contributed by atoms with Crippen molar-refractivity contribution in [2.75, 3.05) is 45.7 Å². The summed E-state index contributed by atoms with van der Waals surface area (Å²) >= 11 is 0. The Kier molecular flexibility index (Phi) is 13.5. The number of ether oxygens (including phenoxy) is 4. The molecule has 4 aliphatic heterocycles. The number of carbonyl (C=O) groups excluding carboxylic acids is 3. The van der Waals surface area contributed by atoms with Gasteiger partial charge in [0.2, 0.25) is 0 Å². The van der Waals surface area contributed by atoms with Gasteiger partial charge in [-0.25, -0.2) is 0 Å². The fourth-order valence-corrected chi connectivity index (χ4v) is 7.99. The summed E-state index contributed by atoms with van der Waals surface area (Å²) in [5.41, 5.74) is -0.149. The lowest BCUT2D eigenvalue weighted by atomic mass is 9.79. The number of aliphatic hydroxyl groups excluding tert-OH is 1. The molecule has 2 aromatic carbocycles. The number of fused-ring (bicyclic) bond motifs is 14. The van der Waals surface area contributed by atoms with Gasteiger partial charge in [-0.3, -0.25) is 19.4 Å². The van der Waals surface area contributed by atoms with Gasteiger partial charge in [0.25, 0.3) is 11.7 Å². The van der Waals surface area contributed by atoms with Crippen LogP contribution in [0.25, 0.3) is 10.8 Å². The molecule has 0 saturated carbocycles. The number of aromatic hydroxyl groups is 3. The number of likely N-dealkylation sites (N-methyl/N-ethyl adjacent to an activating group) is 1. The molecule has 15 nitrogen and oxygen atoms in total. The second-order valence-electron chi connectivity index (χ2n) is 16.1. The zero-order valence-electron chi connectivity index (χ0n) is 35.0. The van der Waals surface area contributed by atoms with Crippen molar-refractivity contribution in [3.05, 3.63) is 52.8 Å². The number of hydrogen-bond acceptors (Lipinski definition) is 14. The molecule has 4 heterocycles. The van der Waals surface area contributed by atoms with E-state index in [1.807, 2.05) is 40.8 Å². The van der Waals surface area contributed by atoms with Crippen molar-refractivity contribution in [3.8, 4) is 23.0 Å². The molecule has 0 aromatic heterocycles. The van der Waals surface area contributed by atoms with E-state index >= 15 is 0 Å². The fraction of sp³-hybridized carbons (Fsp3) is 0.535. The average molecular weight is 807 g/mol. The lowest BCUT2D eigenvalue weighted by molar-refractivity contribution is -0.159. The van der Waals surface area contributed by atoms with Crippen molar-refractivity contribution in [1.29, 1.82) is 0 Å². The predicted octanol–water partition coefficient (Wildman–Crippen LogP) is 5.36. The molecule has 15 heteroatoms. The lowest BCUT2D eigenvalue weighted by Gasteiger charge is -2.36. The molecular formula is C43H58N4O11. The van der Waals surface area contributed by atoms with Crippen molar-refractivity contribution in [2.24, 2.45) is 28.8 Å². The lowest BCUT2D eigenvalue weighted by Crippen LogP contribution is -2.44. The van der Waals surface area contributed by atoms with Crippen LogP contribution >= 0.6 is 0 Å². The molecule has 8 atom stereocenters. The number of ketones is 1. The van der Waals surface area contributed by atoms with E-state index in [-0.39, 0.29) is 56.3 Å². The molecule has 2 aromatic rings. The van der Waals surface area contributed by atoms with E-state index in [9.17, 15) is 34.8 Å². The molecular weight excluding hydrogens is 748 g/mol. The second-order valence-corrected chi connectivity index (χ2v) is 16.1. The number of esters is 1. The number of hydrazone groups is 1. The van der Waals surface area contributed by atoms with Crippen molar-refractivity contribution in [1.82, 2.24) is 9.91 Å². The Labute approximate surface area is 339 Å². The van der Waals surface area contributed by atoms with Crippen LogP contribution < -0.4 is 10.1 Å². The summed E-state index contributed by atoms with van der Waals surface area (Å²) in [5, 5.41) is 55.6. The predicted molar refractivity (Wildman–Crippen MR) is 219 cm³/mol. The Balaban J connectivity index is 1.69. The summed E-state index contributed by atoms with van der Waals surface area (Å²) in [6, 6.07) is 0. The van der Waals surface area contributed by atoms with E-state index in [0.717, 1.165) is 13.1 Å². The van der Waals surface area contributed by atoms with Crippen molar-refractivity contribution in [3.63, 3.8) is 0 Å². The van der Waals surface area contributed by atoms with Crippen LogP contribution in [-0.2, 0) is 23.8 Å². The number of amides is 1. The maximum atomic E-state index is 14.4. The second kappa shape index (κ2) is 17.8. The quantitative estimate of drug-likeness (QED) is 0.115. The minimum atomic E-state index is -2.01. The van der Waals surface area contributed by atoms with Gasteiger partial charge in [0, 0.05) is 75.5 Å². The Morgan fingerprint density at radius 2 is 1.67 bits per heavy atom. The first-order valence-electron chi connectivity index (χ1n) is 19.7. The topological polar surface area (TPSA) is 200 Å². The average Bonchev–Trinajstić information content (AvgIpc) is 3.44. The molecule has 0 unspecified atom stereocenters. The molecule has 1 saturated heterocycles. The van der Waals surface area contributed by atoms with Gasteiger partial charge in [0.05, 0.1) is 46.9 Å². The zero-order chi connectivity index (χ0) is 42.8. The van der Waals surface area contributed by atoms with E-state index in [0.29, 0.717) is 19.5 Å². The highest BCUT2D eigenvalue weighted by Crippen LogP contribution is 2.55. The molecule has 0 aliphatic carbocycles. The summed E-state index contributed by atoms with van der Waals surface area (Å²) in [6.07, 6.45) is 7.55. The summed E-state index contributed by atoms with van der Waals surface area (Å²) in [5.74, 6) is -6.83. The first-order chi connectivity index (χ1) is 27.3. The molecule has 58 heavy (non-hydrogen) atoms. The van der Waals surface area contributed by atoms with Gasteiger partial charge in [-0.15, -0.1) is 0 Å². The highest BCUT2D eigenvalue weighted by Gasteiger charge is 2.50. The maximum absolute atomic E-state index is 14.4. The third kappa shape index (κ3) is 8.81. The smallest absolute Gasteiger partial charge is 0.312 e. The molecule has 1 amide bonds. The van der Waals surface area contributed by atoms with Gasteiger partial charge in [-0.2, -0.15) is 5.10 Å². The normalized spacial score (nSPS) is 31.1. The van der Waals surface area contributed by atoms with Gasteiger partial charge >= 0.3 is 11.8 Å². The monoisotopic (exact) mass is 806 g/mol. The Bertz CT molecular complexity index is 2040. The third-order valence-electron chi connectivity index (χ3n) is 11.6. The van der Waals surface area contributed by atoms with E-state index < -0.39 is 70.8 Å². The van der Waals surface area contributed by atoms with Gasteiger partial charge < -0.3 is 49.6 Å². The molecule has 0 radical (unpaired) electrons. The summed E-state index contributed by atoms with van der Waals surface area (Å²) in [7, 11) is 3.47. The van der Waals surface area contributed by atoms with Crippen molar-refractivity contribution < 1.29 is 53.8 Å². The number of hydrogen-bond donors (Lipinski definition) is 5. The van der Waals surface area contributed by atoms with E-state index in [1.54, 1.807) is 30.2 Å². The fourth-order valence-electron chi connectivity index (χ4n) is 7.99. The van der Waals surface area contributed by atoms with Crippen molar-refractivity contribution >= 4 is 40.3 Å². The first-order valence-corrected chi connectivity index (χ1v) is 19.7. The number of anilines is 1. The summed E-state index contributed by atoms with van der Waals surface area (Å²) in [6.45, 7) is 15.9. The number of benzene rings is 2. The standard InChI is InChI=1S/C43H58N4O11/c1-22-12-11-13-23(2)42(54)45-34-29(21-44-47-17-15-46(9)16-18-47)37(51)31-32(38(34)52)36(50)27(6)40-33(31)41(53)43(8,58-40)56-19-14-30(55-10)25(4)39(57-28(7)48)26(5)35(49)24(3)20-22/h11-14,19,21-22,24-26,30,35,39,49-52H,15-18,20H2,1-10H3,(H,45,54)/b12-11+,19-14+,23-13-,44-21-/t22-,24-,25-,26-,30+,35-,39-,43-/m0/s1. The number of aliphatic hydroxyl groups is 1. The van der Waals surface area contributed by atoms with Gasteiger partial charge in [-0.1, -0.05) is 45.9 Å². The number of Topliss-reactive ketones (excluding diaryl/α,β-unsaturated/α-hetero) is 1. The zero-order valence-corrected chi connectivity index (χ0v) is 35.0. The third-order valence-corrected chi connectivity index (χ3v) is 11.6.